The van der Waals surface area contributed by atoms with Crippen molar-refractivity contribution in [2.45, 2.75) is 13.8 Å². The van der Waals surface area contributed by atoms with Gasteiger partial charge in [-0.15, -0.1) is 0 Å². The Morgan fingerprint density at radius 1 is 0.682 bits per heavy atom. The largest absolute Gasteiger partial charge is 0.356 e. The van der Waals surface area contributed by atoms with Crippen LogP contribution in [0.3, 0.4) is 0 Å². The first kappa shape index (κ1) is 17.1. The van der Waals surface area contributed by atoms with Gasteiger partial charge >= 0.3 is 15.2 Å². The first-order chi connectivity index (χ1) is 10.0. The molecule has 0 radical (unpaired) electrons. The predicted octanol–water partition coefficient (Wildman–Crippen LogP) is 1.58. The van der Waals surface area contributed by atoms with E-state index in [0.29, 0.717) is 11.1 Å². The summed E-state index contributed by atoms with van der Waals surface area (Å²) < 4.78 is 23.5. The van der Waals surface area contributed by atoms with Crippen LogP contribution in [0.25, 0.3) is 11.1 Å². The van der Waals surface area contributed by atoms with Gasteiger partial charge in [0.05, 0.1) is 10.6 Å². The lowest BCUT2D eigenvalue weighted by Crippen LogP contribution is -2.17. The van der Waals surface area contributed by atoms with Gasteiger partial charge in [-0.25, -0.2) is 0 Å². The van der Waals surface area contributed by atoms with Gasteiger partial charge in [-0.1, -0.05) is 24.3 Å². The molecule has 0 spiro atoms. The third-order valence-electron chi connectivity index (χ3n) is 3.38. The highest BCUT2D eigenvalue weighted by molar-refractivity contribution is 7.61. The third-order valence-corrected chi connectivity index (χ3v) is 5.38. The molecule has 0 amide bonds. The standard InChI is InChI=1S/C14H16O6P2/c1-9-5-3-7-11(21(15,16)17)13(9)14-10(2)6-4-8-12(14)22(18,19)20/h3-8H,1-2H3,(H2,15,16,17)(H2,18,19,20). The van der Waals surface area contributed by atoms with Gasteiger partial charge in [-0.2, -0.15) is 0 Å². The van der Waals surface area contributed by atoms with Crippen molar-refractivity contribution in [3.05, 3.63) is 47.5 Å². The molecule has 0 aliphatic carbocycles. The Kier molecular flexibility index (Phi) is 4.46. The van der Waals surface area contributed by atoms with Crippen molar-refractivity contribution in [1.29, 1.82) is 0 Å². The van der Waals surface area contributed by atoms with Crippen molar-refractivity contribution < 1.29 is 28.7 Å². The summed E-state index contributed by atoms with van der Waals surface area (Å²) >= 11 is 0. The van der Waals surface area contributed by atoms with Crippen LogP contribution in [-0.2, 0) is 9.13 Å². The van der Waals surface area contributed by atoms with Crippen LogP contribution in [0.2, 0.25) is 0 Å². The molecule has 2 aromatic rings. The Morgan fingerprint density at radius 2 is 1.00 bits per heavy atom. The van der Waals surface area contributed by atoms with E-state index in [4.69, 9.17) is 0 Å². The Balaban J connectivity index is 2.96. The van der Waals surface area contributed by atoms with E-state index < -0.39 is 15.2 Å². The van der Waals surface area contributed by atoms with Crippen LogP contribution in [0.5, 0.6) is 0 Å². The molecule has 118 valence electrons. The van der Waals surface area contributed by atoms with Crippen LogP contribution in [0.4, 0.5) is 0 Å². The van der Waals surface area contributed by atoms with Crippen LogP contribution >= 0.6 is 15.2 Å². The maximum absolute atomic E-state index is 11.8. The fraction of sp³-hybridized carbons (Fsp3) is 0.143. The van der Waals surface area contributed by atoms with Gasteiger partial charge in [0.15, 0.2) is 0 Å². The quantitative estimate of drug-likeness (QED) is 0.630. The van der Waals surface area contributed by atoms with E-state index in [9.17, 15) is 28.7 Å². The average Bonchev–Trinajstić information content (AvgIpc) is 2.36. The Bertz CT molecular complexity index is 749. The minimum atomic E-state index is -4.59. The maximum Gasteiger partial charge on any atom is 0.356 e. The molecule has 2 rings (SSSR count). The van der Waals surface area contributed by atoms with Crippen molar-refractivity contribution >= 4 is 25.8 Å². The van der Waals surface area contributed by atoms with Crippen LogP contribution in [0, 0.1) is 13.8 Å². The maximum atomic E-state index is 11.8. The zero-order chi connectivity index (χ0) is 16.7. The number of rotatable bonds is 3. The molecule has 22 heavy (non-hydrogen) atoms. The van der Waals surface area contributed by atoms with E-state index in [1.807, 2.05) is 0 Å². The smallest absolute Gasteiger partial charge is 0.321 e. The van der Waals surface area contributed by atoms with Crippen LogP contribution in [0.15, 0.2) is 36.4 Å². The average molecular weight is 342 g/mol. The molecule has 0 atom stereocenters. The van der Waals surface area contributed by atoms with E-state index in [2.05, 4.69) is 0 Å². The van der Waals surface area contributed by atoms with E-state index in [1.165, 1.54) is 24.3 Å². The fourth-order valence-electron chi connectivity index (χ4n) is 2.44. The molecule has 2 aromatic carbocycles. The van der Waals surface area contributed by atoms with Crippen LogP contribution in [0.1, 0.15) is 11.1 Å². The van der Waals surface area contributed by atoms with Gasteiger partial charge in [0.25, 0.3) is 0 Å². The summed E-state index contributed by atoms with van der Waals surface area (Å²) in [5.74, 6) is 0. The topological polar surface area (TPSA) is 115 Å². The van der Waals surface area contributed by atoms with E-state index in [1.54, 1.807) is 26.0 Å². The first-order valence-corrected chi connectivity index (χ1v) is 9.58. The zero-order valence-corrected chi connectivity index (χ0v) is 13.8. The molecule has 0 saturated carbocycles. The van der Waals surface area contributed by atoms with Crippen molar-refractivity contribution in [2.24, 2.45) is 0 Å². The summed E-state index contributed by atoms with van der Waals surface area (Å²) in [6.45, 7) is 3.29. The van der Waals surface area contributed by atoms with E-state index >= 15 is 0 Å². The van der Waals surface area contributed by atoms with Gasteiger partial charge in [0.2, 0.25) is 0 Å². The number of aryl methyl sites for hydroxylation is 2. The van der Waals surface area contributed by atoms with Crippen LogP contribution < -0.4 is 10.6 Å². The van der Waals surface area contributed by atoms with E-state index in [-0.39, 0.29) is 21.7 Å². The molecule has 0 aromatic heterocycles. The molecule has 0 heterocycles. The summed E-state index contributed by atoms with van der Waals surface area (Å²) in [6, 6.07) is 8.85. The number of hydrogen-bond acceptors (Lipinski definition) is 2. The molecule has 8 heteroatoms. The van der Waals surface area contributed by atoms with Crippen molar-refractivity contribution in [2.75, 3.05) is 0 Å². The van der Waals surface area contributed by atoms with Crippen molar-refractivity contribution in [1.82, 2.24) is 0 Å². The Morgan fingerprint density at radius 3 is 1.27 bits per heavy atom. The van der Waals surface area contributed by atoms with Gasteiger partial charge in [-0.3, -0.25) is 9.13 Å². The minimum Gasteiger partial charge on any atom is -0.321 e. The normalized spacial score (nSPS) is 12.5. The van der Waals surface area contributed by atoms with Gasteiger partial charge in [0, 0.05) is 11.1 Å². The molecule has 0 saturated heterocycles. The zero-order valence-electron chi connectivity index (χ0n) is 12.0. The summed E-state index contributed by atoms with van der Waals surface area (Å²) in [5, 5.41) is -0.479. The molecular formula is C14H16O6P2. The highest BCUT2D eigenvalue weighted by Crippen LogP contribution is 2.43. The molecule has 4 N–H and O–H groups in total. The molecule has 0 unspecified atom stereocenters. The fourth-order valence-corrected chi connectivity index (χ4v) is 4.16. The van der Waals surface area contributed by atoms with Crippen LogP contribution in [-0.4, -0.2) is 19.6 Å². The van der Waals surface area contributed by atoms with E-state index in [0.717, 1.165) is 0 Å². The molecule has 6 nitrogen and oxygen atoms in total. The summed E-state index contributed by atoms with van der Waals surface area (Å²) in [7, 11) is -9.19. The highest BCUT2D eigenvalue weighted by atomic mass is 31.2. The third kappa shape index (κ3) is 3.23. The Hall–Kier alpha value is -1.26. The first-order valence-electron chi connectivity index (χ1n) is 6.35. The van der Waals surface area contributed by atoms with Gasteiger partial charge in [-0.05, 0) is 37.1 Å². The monoisotopic (exact) mass is 342 g/mol. The van der Waals surface area contributed by atoms with Gasteiger partial charge < -0.3 is 19.6 Å². The lowest BCUT2D eigenvalue weighted by Gasteiger charge is -2.19. The molecule has 0 fully saturated rings. The Labute approximate surface area is 127 Å². The summed E-state index contributed by atoms with van der Waals surface area (Å²) in [6.07, 6.45) is 0. The number of hydrogen-bond donors (Lipinski definition) is 4. The van der Waals surface area contributed by atoms with Gasteiger partial charge in [0.1, 0.15) is 0 Å². The predicted molar refractivity (Wildman–Crippen MR) is 84.7 cm³/mol. The lowest BCUT2D eigenvalue weighted by atomic mass is 9.96. The highest BCUT2D eigenvalue weighted by Gasteiger charge is 2.29. The molecule has 0 aliphatic rings. The second-order valence-electron chi connectivity index (χ2n) is 5.03. The second-order valence-corrected chi connectivity index (χ2v) is 8.17. The van der Waals surface area contributed by atoms with Crippen molar-refractivity contribution in [3.8, 4) is 11.1 Å². The van der Waals surface area contributed by atoms with Crippen molar-refractivity contribution in [3.63, 3.8) is 0 Å². The second kappa shape index (κ2) is 5.74. The summed E-state index contributed by atoms with van der Waals surface area (Å²) in [5.41, 5.74) is 1.41. The molecule has 0 aliphatic heterocycles. The minimum absolute atomic E-state index is 0.173. The molecule has 0 bridgehead atoms. The lowest BCUT2D eigenvalue weighted by molar-refractivity contribution is 0.385. The SMILES string of the molecule is Cc1cccc(P(=O)(O)O)c1-c1c(C)cccc1P(=O)(O)O. The number of benzene rings is 2. The molecular weight excluding hydrogens is 326 g/mol. The summed E-state index contributed by atoms with van der Waals surface area (Å²) in [4.78, 5) is 38.2.